The number of carbonyl (C=O) groups excluding carboxylic acids is 1. The predicted octanol–water partition coefficient (Wildman–Crippen LogP) is 4.41. The minimum atomic E-state index is -0.549. The van der Waals surface area contributed by atoms with Crippen molar-refractivity contribution in [2.45, 2.75) is 13.5 Å². The Morgan fingerprint density at radius 3 is 2.65 bits per heavy atom. The smallest absolute Gasteiger partial charge is 0.269 e. The maximum atomic E-state index is 11.4. The number of rotatable bonds is 4. The Bertz CT molecular complexity index is 1110. The fourth-order valence-corrected chi connectivity index (χ4v) is 3.25. The van der Waals surface area contributed by atoms with Crippen molar-refractivity contribution in [1.29, 1.82) is 0 Å². The van der Waals surface area contributed by atoms with Gasteiger partial charge in [-0.1, -0.05) is 41.9 Å². The molecule has 2 aromatic carbocycles. The molecular weight excluding hydrogens is 350 g/mol. The van der Waals surface area contributed by atoms with E-state index in [9.17, 15) is 4.79 Å². The second-order valence-electron chi connectivity index (χ2n) is 6.15. The molecule has 26 heavy (non-hydrogen) atoms. The van der Waals surface area contributed by atoms with Gasteiger partial charge in [-0.3, -0.25) is 9.48 Å². The molecule has 0 aliphatic rings. The summed E-state index contributed by atoms with van der Waals surface area (Å²) in [4.78, 5) is 11.4. The fraction of sp³-hybridized carbons (Fsp3) is 0.100. The van der Waals surface area contributed by atoms with Crippen molar-refractivity contribution in [3.8, 4) is 11.3 Å². The van der Waals surface area contributed by atoms with Gasteiger partial charge < -0.3 is 10.2 Å². The topological polar surface area (TPSA) is 74.1 Å². The van der Waals surface area contributed by atoms with Crippen LogP contribution in [-0.2, 0) is 6.54 Å². The van der Waals surface area contributed by atoms with Gasteiger partial charge >= 0.3 is 0 Å². The molecule has 6 heteroatoms. The molecule has 0 aliphatic heterocycles. The lowest BCUT2D eigenvalue weighted by Crippen LogP contribution is -2.13. The minimum absolute atomic E-state index is 0.241. The monoisotopic (exact) mass is 365 g/mol. The normalized spacial score (nSPS) is 11.2. The first-order valence-electron chi connectivity index (χ1n) is 8.13. The summed E-state index contributed by atoms with van der Waals surface area (Å²) in [5.41, 5.74) is 9.03. The Balaban J connectivity index is 1.80. The summed E-state index contributed by atoms with van der Waals surface area (Å²) in [6, 6.07) is 17.3. The number of fused-ring (bicyclic) bond motifs is 1. The van der Waals surface area contributed by atoms with Crippen LogP contribution in [0.15, 0.2) is 59.0 Å². The van der Waals surface area contributed by atoms with Gasteiger partial charge in [-0.2, -0.15) is 5.10 Å². The standard InChI is InChI=1S/C20H16ClN3O2/c1-12-7-17(20(22)25)23-24(12)11-15-9-16(21)8-14-10-18(26-19(14)15)13-5-3-2-4-6-13/h2-10H,11H2,1H3,(H2,22,25). The zero-order valence-corrected chi connectivity index (χ0v) is 14.8. The number of primary amides is 1. The first-order valence-corrected chi connectivity index (χ1v) is 8.51. The number of amides is 1. The van der Waals surface area contributed by atoms with Gasteiger partial charge in [0.25, 0.3) is 5.91 Å². The summed E-state index contributed by atoms with van der Waals surface area (Å²) >= 11 is 6.30. The number of benzene rings is 2. The van der Waals surface area contributed by atoms with Crippen LogP contribution in [0.3, 0.4) is 0 Å². The van der Waals surface area contributed by atoms with E-state index >= 15 is 0 Å². The van der Waals surface area contributed by atoms with E-state index < -0.39 is 5.91 Å². The molecule has 2 aromatic heterocycles. The summed E-state index contributed by atoms with van der Waals surface area (Å²) in [5, 5.41) is 5.80. The van der Waals surface area contributed by atoms with E-state index in [0.717, 1.165) is 33.6 Å². The quantitative estimate of drug-likeness (QED) is 0.582. The van der Waals surface area contributed by atoms with E-state index in [0.29, 0.717) is 11.6 Å². The first-order chi connectivity index (χ1) is 12.5. The average Bonchev–Trinajstić information content (AvgIpc) is 3.20. The number of hydrogen-bond donors (Lipinski definition) is 1. The van der Waals surface area contributed by atoms with Crippen LogP contribution in [0.2, 0.25) is 5.02 Å². The second-order valence-corrected chi connectivity index (χ2v) is 6.59. The molecule has 0 saturated carbocycles. The van der Waals surface area contributed by atoms with Gasteiger partial charge in [0.15, 0.2) is 0 Å². The number of nitrogens with zero attached hydrogens (tertiary/aromatic N) is 2. The van der Waals surface area contributed by atoms with Crippen molar-refractivity contribution in [3.05, 3.63) is 76.6 Å². The summed E-state index contributed by atoms with van der Waals surface area (Å²) in [6.45, 7) is 2.30. The van der Waals surface area contributed by atoms with Gasteiger partial charge in [0, 0.05) is 27.2 Å². The van der Waals surface area contributed by atoms with Crippen LogP contribution in [-0.4, -0.2) is 15.7 Å². The van der Waals surface area contributed by atoms with Gasteiger partial charge in [0.1, 0.15) is 17.0 Å². The van der Waals surface area contributed by atoms with E-state index in [-0.39, 0.29) is 5.69 Å². The Labute approximate surface area is 155 Å². The lowest BCUT2D eigenvalue weighted by atomic mass is 10.1. The lowest BCUT2D eigenvalue weighted by Gasteiger charge is -2.06. The number of nitrogens with two attached hydrogens (primary N) is 1. The molecule has 0 fully saturated rings. The Hall–Kier alpha value is -3.05. The number of hydrogen-bond acceptors (Lipinski definition) is 3. The molecule has 4 rings (SSSR count). The van der Waals surface area contributed by atoms with Gasteiger partial charge in [0.2, 0.25) is 0 Å². The van der Waals surface area contributed by atoms with Crippen molar-refractivity contribution in [2.75, 3.05) is 0 Å². The third-order valence-corrected chi connectivity index (χ3v) is 4.49. The summed E-state index contributed by atoms with van der Waals surface area (Å²) < 4.78 is 7.83. The Kier molecular flexibility index (Phi) is 4.01. The highest BCUT2D eigenvalue weighted by Gasteiger charge is 2.14. The molecule has 4 aromatic rings. The van der Waals surface area contributed by atoms with Crippen LogP contribution in [0.1, 0.15) is 21.7 Å². The second kappa shape index (κ2) is 6.35. The molecule has 130 valence electrons. The van der Waals surface area contributed by atoms with Gasteiger partial charge in [-0.05, 0) is 31.2 Å². The molecule has 5 nitrogen and oxygen atoms in total. The first kappa shape index (κ1) is 16.4. The van der Waals surface area contributed by atoms with Crippen molar-refractivity contribution >= 4 is 28.5 Å². The maximum absolute atomic E-state index is 11.4. The highest BCUT2D eigenvalue weighted by Crippen LogP contribution is 2.32. The number of aromatic nitrogens is 2. The summed E-state index contributed by atoms with van der Waals surface area (Å²) in [7, 11) is 0. The van der Waals surface area contributed by atoms with Crippen molar-refractivity contribution in [2.24, 2.45) is 5.73 Å². The maximum Gasteiger partial charge on any atom is 0.269 e. The zero-order valence-electron chi connectivity index (χ0n) is 14.1. The highest BCUT2D eigenvalue weighted by atomic mass is 35.5. The Morgan fingerprint density at radius 1 is 1.19 bits per heavy atom. The van der Waals surface area contributed by atoms with Crippen molar-refractivity contribution in [1.82, 2.24) is 9.78 Å². The molecule has 0 aliphatic carbocycles. The molecule has 0 spiro atoms. The van der Waals surface area contributed by atoms with Gasteiger partial charge in [-0.25, -0.2) is 0 Å². The average molecular weight is 366 g/mol. The molecule has 0 radical (unpaired) electrons. The van der Waals surface area contributed by atoms with E-state index in [1.54, 1.807) is 10.7 Å². The molecule has 2 heterocycles. The van der Waals surface area contributed by atoms with Crippen LogP contribution in [0.4, 0.5) is 0 Å². The summed E-state index contributed by atoms with van der Waals surface area (Å²) in [5.74, 6) is 0.228. The molecule has 0 bridgehead atoms. The van der Waals surface area contributed by atoms with Crippen LogP contribution < -0.4 is 5.73 Å². The number of aryl methyl sites for hydroxylation is 1. The fourth-order valence-electron chi connectivity index (χ4n) is 3.00. The zero-order chi connectivity index (χ0) is 18.3. The van der Waals surface area contributed by atoms with Crippen LogP contribution in [0.25, 0.3) is 22.3 Å². The number of carbonyl (C=O) groups is 1. The van der Waals surface area contributed by atoms with Crippen molar-refractivity contribution in [3.63, 3.8) is 0 Å². The van der Waals surface area contributed by atoms with E-state index in [1.165, 1.54) is 0 Å². The van der Waals surface area contributed by atoms with Crippen LogP contribution in [0, 0.1) is 6.92 Å². The third-order valence-electron chi connectivity index (χ3n) is 4.27. The molecule has 0 atom stereocenters. The minimum Gasteiger partial charge on any atom is -0.456 e. The third kappa shape index (κ3) is 2.97. The van der Waals surface area contributed by atoms with Crippen molar-refractivity contribution < 1.29 is 9.21 Å². The largest absolute Gasteiger partial charge is 0.456 e. The van der Waals surface area contributed by atoms with Crippen LogP contribution >= 0.6 is 11.6 Å². The molecule has 0 saturated heterocycles. The molecule has 0 unspecified atom stereocenters. The van der Waals surface area contributed by atoms with Gasteiger partial charge in [-0.15, -0.1) is 0 Å². The SMILES string of the molecule is Cc1cc(C(N)=O)nn1Cc1cc(Cl)cc2cc(-c3ccccc3)oc12. The Morgan fingerprint density at radius 2 is 1.96 bits per heavy atom. The molecule has 2 N–H and O–H groups in total. The lowest BCUT2D eigenvalue weighted by molar-refractivity contribution is 0.0995. The molecule has 1 amide bonds. The van der Waals surface area contributed by atoms with E-state index in [1.807, 2.05) is 55.5 Å². The highest BCUT2D eigenvalue weighted by molar-refractivity contribution is 6.31. The predicted molar refractivity (Wildman–Crippen MR) is 101 cm³/mol. The van der Waals surface area contributed by atoms with E-state index in [4.69, 9.17) is 21.8 Å². The van der Waals surface area contributed by atoms with Crippen LogP contribution in [0.5, 0.6) is 0 Å². The number of furan rings is 1. The molecular formula is C20H16ClN3O2. The van der Waals surface area contributed by atoms with E-state index in [2.05, 4.69) is 5.10 Å². The summed E-state index contributed by atoms with van der Waals surface area (Å²) in [6.07, 6.45) is 0. The number of halogens is 1. The van der Waals surface area contributed by atoms with Gasteiger partial charge in [0.05, 0.1) is 6.54 Å².